The fourth-order valence-electron chi connectivity index (χ4n) is 3.04. The minimum atomic E-state index is 0.211. The molecule has 2 fully saturated rings. The molecule has 0 radical (unpaired) electrons. The lowest BCUT2D eigenvalue weighted by molar-refractivity contribution is 0.0437. The lowest BCUT2D eigenvalue weighted by Crippen LogP contribution is -2.60. The number of likely N-dealkylation sites (N-methyl/N-ethyl adjacent to an activating group) is 1. The number of nitrogens with zero attached hydrogens (tertiary/aromatic N) is 2. The van der Waals surface area contributed by atoms with E-state index in [1.54, 1.807) is 0 Å². The summed E-state index contributed by atoms with van der Waals surface area (Å²) < 4.78 is 5.45. The first kappa shape index (κ1) is 13.3. The van der Waals surface area contributed by atoms with Gasteiger partial charge in [-0.05, 0) is 26.4 Å². The first-order chi connectivity index (χ1) is 8.24. The molecular weight excluding hydrogens is 214 g/mol. The zero-order valence-electron chi connectivity index (χ0n) is 11.4. The summed E-state index contributed by atoms with van der Waals surface area (Å²) in [6.07, 6.45) is 3.91. The summed E-state index contributed by atoms with van der Waals surface area (Å²) in [5.74, 6) is 0. The summed E-state index contributed by atoms with van der Waals surface area (Å²) in [5, 5.41) is 3.71. The number of hydrogen-bond acceptors (Lipinski definition) is 4. The summed E-state index contributed by atoms with van der Waals surface area (Å²) >= 11 is 0. The van der Waals surface area contributed by atoms with Crippen LogP contribution in [0.25, 0.3) is 0 Å². The summed E-state index contributed by atoms with van der Waals surface area (Å²) in [4.78, 5) is 5.01. The number of hydrogen-bond donors (Lipinski definition) is 1. The molecular formula is C13H27N3O. The average Bonchev–Trinajstić information content (AvgIpc) is 2.34. The quantitative estimate of drug-likeness (QED) is 0.771. The van der Waals surface area contributed by atoms with Crippen molar-refractivity contribution in [2.75, 3.05) is 60.0 Å². The van der Waals surface area contributed by atoms with Crippen LogP contribution < -0.4 is 5.32 Å². The monoisotopic (exact) mass is 241 g/mol. The molecule has 0 aromatic heterocycles. The number of piperidine rings is 1. The highest BCUT2D eigenvalue weighted by atomic mass is 16.5. The van der Waals surface area contributed by atoms with Crippen molar-refractivity contribution in [3.05, 3.63) is 0 Å². The normalized spacial score (nSPS) is 32.8. The SMILES string of the molecule is COCC1(CN2CCN(C)CC2)CCCCN1. The number of piperazine rings is 1. The molecule has 2 heterocycles. The van der Waals surface area contributed by atoms with Gasteiger partial charge in [0.05, 0.1) is 12.1 Å². The molecule has 0 bridgehead atoms. The van der Waals surface area contributed by atoms with Crippen LogP contribution in [-0.4, -0.2) is 75.4 Å². The van der Waals surface area contributed by atoms with Crippen LogP contribution in [0.4, 0.5) is 0 Å². The highest BCUT2D eigenvalue weighted by Gasteiger charge is 2.34. The van der Waals surface area contributed by atoms with Gasteiger partial charge in [-0.1, -0.05) is 6.42 Å². The maximum absolute atomic E-state index is 5.45. The topological polar surface area (TPSA) is 27.7 Å². The van der Waals surface area contributed by atoms with E-state index in [9.17, 15) is 0 Å². The minimum Gasteiger partial charge on any atom is -0.383 e. The molecule has 0 aromatic carbocycles. The molecule has 0 saturated carbocycles. The van der Waals surface area contributed by atoms with E-state index in [1.807, 2.05) is 7.11 Å². The van der Waals surface area contributed by atoms with Crippen molar-refractivity contribution >= 4 is 0 Å². The molecule has 4 nitrogen and oxygen atoms in total. The van der Waals surface area contributed by atoms with Crippen LogP contribution in [-0.2, 0) is 4.74 Å². The molecule has 2 rings (SSSR count). The summed E-state index contributed by atoms with van der Waals surface area (Å²) in [7, 11) is 4.03. The van der Waals surface area contributed by atoms with Gasteiger partial charge in [-0.25, -0.2) is 0 Å². The van der Waals surface area contributed by atoms with Crippen molar-refractivity contribution < 1.29 is 4.74 Å². The van der Waals surface area contributed by atoms with Gasteiger partial charge in [-0.15, -0.1) is 0 Å². The van der Waals surface area contributed by atoms with Crippen molar-refractivity contribution in [2.45, 2.75) is 24.8 Å². The molecule has 4 heteroatoms. The van der Waals surface area contributed by atoms with Crippen LogP contribution in [0.3, 0.4) is 0 Å². The second kappa shape index (κ2) is 6.14. The van der Waals surface area contributed by atoms with Crippen molar-refractivity contribution in [3.8, 4) is 0 Å². The van der Waals surface area contributed by atoms with E-state index in [-0.39, 0.29) is 5.54 Å². The van der Waals surface area contributed by atoms with E-state index in [0.29, 0.717) is 0 Å². The predicted molar refractivity (Wildman–Crippen MR) is 70.4 cm³/mol. The Labute approximate surface area is 105 Å². The average molecular weight is 241 g/mol. The molecule has 0 aromatic rings. The van der Waals surface area contributed by atoms with E-state index in [2.05, 4.69) is 22.2 Å². The van der Waals surface area contributed by atoms with E-state index in [0.717, 1.165) is 19.7 Å². The molecule has 0 spiro atoms. The molecule has 0 aliphatic carbocycles. The van der Waals surface area contributed by atoms with Gasteiger partial charge in [0.2, 0.25) is 0 Å². The molecule has 2 saturated heterocycles. The minimum absolute atomic E-state index is 0.211. The first-order valence-electron chi connectivity index (χ1n) is 6.89. The largest absolute Gasteiger partial charge is 0.383 e. The van der Waals surface area contributed by atoms with Gasteiger partial charge < -0.3 is 15.0 Å². The standard InChI is InChI=1S/C13H27N3O/c1-15-7-9-16(10-8-15)11-13(12-17-2)5-3-4-6-14-13/h14H,3-12H2,1-2H3. The Morgan fingerprint density at radius 2 is 1.94 bits per heavy atom. The highest BCUT2D eigenvalue weighted by molar-refractivity contribution is 4.94. The highest BCUT2D eigenvalue weighted by Crippen LogP contribution is 2.21. The van der Waals surface area contributed by atoms with E-state index in [4.69, 9.17) is 4.74 Å². The van der Waals surface area contributed by atoms with Gasteiger partial charge in [-0.3, -0.25) is 4.90 Å². The number of nitrogens with one attached hydrogen (secondary N) is 1. The predicted octanol–water partition coefficient (Wildman–Crippen LogP) is 0.393. The zero-order chi connectivity index (χ0) is 12.1. The maximum atomic E-state index is 5.45. The van der Waals surface area contributed by atoms with Gasteiger partial charge in [0.25, 0.3) is 0 Å². The second-order valence-corrected chi connectivity index (χ2v) is 5.68. The molecule has 1 unspecified atom stereocenters. The molecule has 2 aliphatic heterocycles. The van der Waals surface area contributed by atoms with Crippen LogP contribution in [0.15, 0.2) is 0 Å². The number of rotatable bonds is 4. The third-order valence-electron chi connectivity index (χ3n) is 4.12. The fraction of sp³-hybridized carbons (Fsp3) is 1.00. The van der Waals surface area contributed by atoms with Crippen molar-refractivity contribution in [1.29, 1.82) is 0 Å². The van der Waals surface area contributed by atoms with Crippen molar-refractivity contribution in [1.82, 2.24) is 15.1 Å². The zero-order valence-corrected chi connectivity index (χ0v) is 11.4. The molecule has 2 aliphatic rings. The van der Waals surface area contributed by atoms with Gasteiger partial charge in [-0.2, -0.15) is 0 Å². The lowest BCUT2D eigenvalue weighted by Gasteiger charge is -2.43. The molecule has 0 amide bonds. The second-order valence-electron chi connectivity index (χ2n) is 5.68. The Balaban J connectivity index is 1.88. The maximum Gasteiger partial charge on any atom is 0.0657 e. The van der Waals surface area contributed by atoms with E-state index >= 15 is 0 Å². The smallest absolute Gasteiger partial charge is 0.0657 e. The Morgan fingerprint density at radius 3 is 2.53 bits per heavy atom. The Hall–Kier alpha value is -0.160. The van der Waals surface area contributed by atoms with Crippen LogP contribution in [0.1, 0.15) is 19.3 Å². The Kier molecular flexibility index (Phi) is 4.79. The van der Waals surface area contributed by atoms with Crippen molar-refractivity contribution in [3.63, 3.8) is 0 Å². The third-order valence-corrected chi connectivity index (χ3v) is 4.12. The van der Waals surface area contributed by atoms with Gasteiger partial charge in [0.15, 0.2) is 0 Å². The Bertz CT molecular complexity index is 215. The first-order valence-corrected chi connectivity index (χ1v) is 6.89. The van der Waals surface area contributed by atoms with Gasteiger partial charge in [0.1, 0.15) is 0 Å². The van der Waals surface area contributed by atoms with E-state index in [1.165, 1.54) is 45.4 Å². The molecule has 17 heavy (non-hydrogen) atoms. The third kappa shape index (κ3) is 3.65. The van der Waals surface area contributed by atoms with Crippen LogP contribution in [0.2, 0.25) is 0 Å². The summed E-state index contributed by atoms with van der Waals surface area (Å²) in [6.45, 7) is 7.94. The number of methoxy groups -OCH3 is 1. The van der Waals surface area contributed by atoms with Crippen LogP contribution in [0.5, 0.6) is 0 Å². The van der Waals surface area contributed by atoms with Crippen LogP contribution >= 0.6 is 0 Å². The molecule has 1 N–H and O–H groups in total. The summed E-state index contributed by atoms with van der Waals surface area (Å²) in [5.41, 5.74) is 0.211. The van der Waals surface area contributed by atoms with E-state index < -0.39 is 0 Å². The lowest BCUT2D eigenvalue weighted by atomic mass is 9.89. The molecule has 100 valence electrons. The van der Waals surface area contributed by atoms with Gasteiger partial charge in [0, 0.05) is 39.8 Å². The van der Waals surface area contributed by atoms with Crippen LogP contribution in [0, 0.1) is 0 Å². The number of ether oxygens (including phenoxy) is 1. The fourth-order valence-corrected chi connectivity index (χ4v) is 3.04. The molecule has 1 atom stereocenters. The van der Waals surface area contributed by atoms with Crippen molar-refractivity contribution in [2.24, 2.45) is 0 Å². The summed E-state index contributed by atoms with van der Waals surface area (Å²) in [6, 6.07) is 0. The van der Waals surface area contributed by atoms with Gasteiger partial charge >= 0.3 is 0 Å². The Morgan fingerprint density at radius 1 is 1.18 bits per heavy atom.